The topological polar surface area (TPSA) is 12.9 Å². The molecule has 1 heterocycles. The Hall–Kier alpha value is -0.760. The highest BCUT2D eigenvalue weighted by atomic mass is 35.5. The van der Waals surface area contributed by atoms with Crippen molar-refractivity contribution in [2.75, 3.05) is 0 Å². The van der Waals surface area contributed by atoms with E-state index in [1.54, 1.807) is 12.3 Å². The first-order valence-corrected chi connectivity index (χ1v) is 6.79. The summed E-state index contributed by atoms with van der Waals surface area (Å²) in [5.74, 6) is 0.0591. The Morgan fingerprint density at radius 2 is 1.83 bits per heavy atom. The molecule has 0 radical (unpaired) electrons. The SMILES string of the molecule is CC(c1ccccn1)C(Cl)c1cccc(Cl)c1Cl. The number of hydrogen-bond acceptors (Lipinski definition) is 1. The maximum absolute atomic E-state index is 6.49. The molecule has 0 aliphatic heterocycles. The summed E-state index contributed by atoms with van der Waals surface area (Å²) in [6, 6.07) is 11.3. The fourth-order valence-corrected chi connectivity index (χ4v) is 2.59. The van der Waals surface area contributed by atoms with Crippen LogP contribution in [-0.2, 0) is 0 Å². The molecule has 2 rings (SSSR count). The fraction of sp³-hybridized carbons (Fsp3) is 0.214. The van der Waals surface area contributed by atoms with Gasteiger partial charge in [0, 0.05) is 17.8 Å². The Bertz CT molecular complexity index is 528. The van der Waals surface area contributed by atoms with Gasteiger partial charge < -0.3 is 0 Å². The lowest BCUT2D eigenvalue weighted by atomic mass is 9.97. The molecule has 0 aliphatic rings. The Labute approximate surface area is 122 Å². The van der Waals surface area contributed by atoms with Gasteiger partial charge in [0.05, 0.1) is 15.4 Å². The molecule has 0 N–H and O–H groups in total. The van der Waals surface area contributed by atoms with E-state index in [1.807, 2.05) is 37.3 Å². The van der Waals surface area contributed by atoms with Gasteiger partial charge in [-0.05, 0) is 23.8 Å². The largest absolute Gasteiger partial charge is 0.261 e. The van der Waals surface area contributed by atoms with Crippen molar-refractivity contribution in [3.63, 3.8) is 0 Å². The number of halogens is 3. The van der Waals surface area contributed by atoms with Gasteiger partial charge in [0.1, 0.15) is 0 Å². The van der Waals surface area contributed by atoms with Crippen molar-refractivity contribution >= 4 is 34.8 Å². The molecule has 94 valence electrons. The molecule has 1 nitrogen and oxygen atoms in total. The van der Waals surface area contributed by atoms with Crippen molar-refractivity contribution in [1.82, 2.24) is 4.98 Å². The van der Waals surface area contributed by atoms with Crippen molar-refractivity contribution in [1.29, 1.82) is 0 Å². The first-order valence-electron chi connectivity index (χ1n) is 5.60. The second-order valence-electron chi connectivity index (χ2n) is 4.09. The minimum atomic E-state index is -0.258. The number of benzene rings is 1. The lowest BCUT2D eigenvalue weighted by molar-refractivity contribution is 0.707. The predicted octanol–water partition coefficient (Wildman–Crippen LogP) is 5.47. The van der Waals surface area contributed by atoms with Crippen LogP contribution in [-0.4, -0.2) is 4.98 Å². The second kappa shape index (κ2) is 5.92. The molecule has 0 saturated heterocycles. The van der Waals surface area contributed by atoms with Crippen LogP contribution in [0, 0.1) is 0 Å². The van der Waals surface area contributed by atoms with E-state index in [1.165, 1.54) is 0 Å². The predicted molar refractivity (Wildman–Crippen MR) is 77.7 cm³/mol. The molecule has 18 heavy (non-hydrogen) atoms. The molecule has 0 bridgehead atoms. The van der Waals surface area contributed by atoms with Crippen LogP contribution >= 0.6 is 34.8 Å². The maximum Gasteiger partial charge on any atom is 0.0681 e. The van der Waals surface area contributed by atoms with Gasteiger partial charge in [-0.1, -0.05) is 48.3 Å². The number of alkyl halides is 1. The summed E-state index contributed by atoms with van der Waals surface area (Å²) in [5.41, 5.74) is 1.78. The summed E-state index contributed by atoms with van der Waals surface area (Å²) in [6.45, 7) is 2.03. The minimum absolute atomic E-state index is 0.0591. The van der Waals surface area contributed by atoms with Gasteiger partial charge in [0.15, 0.2) is 0 Å². The van der Waals surface area contributed by atoms with E-state index in [0.29, 0.717) is 10.0 Å². The highest BCUT2D eigenvalue weighted by molar-refractivity contribution is 6.43. The van der Waals surface area contributed by atoms with Gasteiger partial charge in [0.25, 0.3) is 0 Å². The summed E-state index contributed by atoms with van der Waals surface area (Å²) in [5, 5.41) is 0.779. The first kappa shape index (κ1) is 13.7. The molecular weight excluding hydrogens is 289 g/mol. The second-order valence-corrected chi connectivity index (χ2v) is 5.34. The van der Waals surface area contributed by atoms with E-state index >= 15 is 0 Å². The van der Waals surface area contributed by atoms with Gasteiger partial charge >= 0.3 is 0 Å². The van der Waals surface area contributed by atoms with E-state index in [4.69, 9.17) is 34.8 Å². The third-order valence-corrected chi connectivity index (χ3v) is 4.32. The number of hydrogen-bond donors (Lipinski definition) is 0. The molecule has 0 amide bonds. The Balaban J connectivity index is 2.31. The van der Waals surface area contributed by atoms with Gasteiger partial charge in [0.2, 0.25) is 0 Å². The zero-order chi connectivity index (χ0) is 13.1. The van der Waals surface area contributed by atoms with Gasteiger partial charge in [-0.2, -0.15) is 0 Å². The monoisotopic (exact) mass is 299 g/mol. The standard InChI is InChI=1S/C14H12Cl3N/c1-9(12-7-2-3-8-18-12)13(16)10-5-4-6-11(15)14(10)17/h2-9,13H,1H3. The lowest BCUT2D eigenvalue weighted by Gasteiger charge is -2.19. The average molecular weight is 301 g/mol. The van der Waals surface area contributed by atoms with Gasteiger partial charge in [-0.3, -0.25) is 4.98 Å². The quantitative estimate of drug-likeness (QED) is 0.685. The van der Waals surface area contributed by atoms with E-state index in [-0.39, 0.29) is 11.3 Å². The highest BCUT2D eigenvalue weighted by Crippen LogP contribution is 2.40. The number of aromatic nitrogens is 1. The Morgan fingerprint density at radius 1 is 1.06 bits per heavy atom. The molecule has 2 atom stereocenters. The summed E-state index contributed by atoms with van der Waals surface area (Å²) < 4.78 is 0. The van der Waals surface area contributed by atoms with Crippen LogP contribution < -0.4 is 0 Å². The fourth-order valence-electron chi connectivity index (χ4n) is 1.80. The van der Waals surface area contributed by atoms with E-state index in [0.717, 1.165) is 11.3 Å². The molecule has 4 heteroatoms. The van der Waals surface area contributed by atoms with Crippen LogP contribution in [0.2, 0.25) is 10.0 Å². The molecule has 1 aromatic heterocycles. The van der Waals surface area contributed by atoms with Gasteiger partial charge in [-0.15, -0.1) is 11.6 Å². The van der Waals surface area contributed by atoms with Crippen molar-refractivity contribution in [3.05, 3.63) is 63.9 Å². The summed E-state index contributed by atoms with van der Waals surface area (Å²) in [6.07, 6.45) is 1.76. The lowest BCUT2D eigenvalue weighted by Crippen LogP contribution is -2.05. The number of pyridine rings is 1. The van der Waals surface area contributed by atoms with E-state index in [2.05, 4.69) is 4.98 Å². The molecule has 2 aromatic rings. The van der Waals surface area contributed by atoms with Crippen LogP contribution in [0.3, 0.4) is 0 Å². The average Bonchev–Trinajstić information content (AvgIpc) is 2.41. The van der Waals surface area contributed by atoms with Crippen LogP contribution in [0.5, 0.6) is 0 Å². The van der Waals surface area contributed by atoms with Crippen LogP contribution in [0.25, 0.3) is 0 Å². The van der Waals surface area contributed by atoms with Crippen molar-refractivity contribution in [2.45, 2.75) is 18.2 Å². The van der Waals surface area contributed by atoms with Crippen LogP contribution in [0.4, 0.5) is 0 Å². The molecule has 0 spiro atoms. The summed E-state index contributed by atoms with van der Waals surface area (Å²) >= 11 is 18.7. The van der Waals surface area contributed by atoms with Crippen molar-refractivity contribution in [2.24, 2.45) is 0 Å². The normalized spacial score (nSPS) is 14.2. The van der Waals surface area contributed by atoms with Crippen molar-refractivity contribution in [3.8, 4) is 0 Å². The van der Waals surface area contributed by atoms with Gasteiger partial charge in [-0.25, -0.2) is 0 Å². The minimum Gasteiger partial charge on any atom is -0.261 e. The third kappa shape index (κ3) is 2.80. The third-order valence-electron chi connectivity index (χ3n) is 2.87. The van der Waals surface area contributed by atoms with Crippen LogP contribution in [0.1, 0.15) is 29.5 Å². The van der Waals surface area contributed by atoms with E-state index in [9.17, 15) is 0 Å². The van der Waals surface area contributed by atoms with E-state index < -0.39 is 0 Å². The smallest absolute Gasteiger partial charge is 0.0681 e. The Kier molecular flexibility index (Phi) is 4.50. The number of nitrogens with zero attached hydrogens (tertiary/aromatic N) is 1. The molecule has 0 fully saturated rings. The molecule has 1 aromatic carbocycles. The Morgan fingerprint density at radius 3 is 2.50 bits per heavy atom. The first-order chi connectivity index (χ1) is 8.61. The maximum atomic E-state index is 6.49. The summed E-state index contributed by atoms with van der Waals surface area (Å²) in [7, 11) is 0. The highest BCUT2D eigenvalue weighted by Gasteiger charge is 2.22. The molecule has 2 unspecified atom stereocenters. The van der Waals surface area contributed by atoms with Crippen LogP contribution in [0.15, 0.2) is 42.6 Å². The molecule has 0 saturated carbocycles. The summed E-state index contributed by atoms with van der Waals surface area (Å²) in [4.78, 5) is 4.32. The van der Waals surface area contributed by atoms with Crippen molar-refractivity contribution < 1.29 is 0 Å². The zero-order valence-electron chi connectivity index (χ0n) is 9.78. The zero-order valence-corrected chi connectivity index (χ0v) is 12.0. The number of rotatable bonds is 3. The molecule has 0 aliphatic carbocycles. The molecular formula is C14H12Cl3N.